The van der Waals surface area contributed by atoms with Gasteiger partial charge < -0.3 is 8.83 Å². The summed E-state index contributed by atoms with van der Waals surface area (Å²) < 4.78 is 13.3. The lowest BCUT2D eigenvalue weighted by molar-refractivity contribution is 0.509. The van der Waals surface area contributed by atoms with Crippen LogP contribution >= 0.6 is 23.1 Å². The maximum absolute atomic E-state index is 5.81. The van der Waals surface area contributed by atoms with Crippen LogP contribution in [0.25, 0.3) is 22.4 Å². The zero-order valence-corrected chi connectivity index (χ0v) is 15.3. The summed E-state index contributed by atoms with van der Waals surface area (Å²) in [5, 5.41) is 19.6. The molecule has 7 nitrogen and oxygen atoms in total. The molecule has 25 heavy (non-hydrogen) atoms. The highest BCUT2D eigenvalue weighted by molar-refractivity contribution is 7.99. The van der Waals surface area contributed by atoms with E-state index in [1.165, 1.54) is 11.8 Å². The van der Waals surface area contributed by atoms with Crippen LogP contribution in [0.3, 0.4) is 0 Å². The molecule has 4 aromatic heterocycles. The first-order chi connectivity index (χ1) is 12.3. The molecule has 4 heterocycles. The number of hydrogen-bond donors (Lipinski definition) is 0. The van der Waals surface area contributed by atoms with Crippen LogP contribution < -0.4 is 0 Å². The monoisotopic (exact) mass is 373 g/mol. The fourth-order valence-corrected chi connectivity index (χ4v) is 3.94. The van der Waals surface area contributed by atoms with E-state index < -0.39 is 0 Å². The summed E-state index contributed by atoms with van der Waals surface area (Å²) in [5.74, 6) is 2.53. The van der Waals surface area contributed by atoms with Crippen LogP contribution in [0.5, 0.6) is 0 Å². The predicted octanol–water partition coefficient (Wildman–Crippen LogP) is 4.52. The molecule has 4 rings (SSSR count). The third kappa shape index (κ3) is 3.12. The fraction of sp³-hybridized carbons (Fsp3) is 0.250. The summed E-state index contributed by atoms with van der Waals surface area (Å²) in [7, 11) is 0. The molecule has 0 saturated heterocycles. The molecule has 0 N–H and O–H groups in total. The second-order valence-corrected chi connectivity index (χ2v) is 7.47. The average Bonchev–Trinajstić information content (AvgIpc) is 3.40. The van der Waals surface area contributed by atoms with Crippen molar-refractivity contribution >= 4 is 23.1 Å². The Hall–Kier alpha value is -2.39. The van der Waals surface area contributed by atoms with Gasteiger partial charge in [-0.05, 0) is 37.4 Å². The molecule has 4 aromatic rings. The third-order valence-electron chi connectivity index (χ3n) is 3.58. The Morgan fingerprint density at radius 3 is 2.84 bits per heavy atom. The zero-order valence-electron chi connectivity index (χ0n) is 13.6. The predicted molar refractivity (Wildman–Crippen MR) is 95.3 cm³/mol. The number of rotatable bonds is 6. The van der Waals surface area contributed by atoms with Crippen LogP contribution in [-0.4, -0.2) is 25.0 Å². The Kier molecular flexibility index (Phi) is 4.41. The van der Waals surface area contributed by atoms with E-state index in [1.54, 1.807) is 17.6 Å². The van der Waals surface area contributed by atoms with Crippen molar-refractivity contribution in [2.24, 2.45) is 0 Å². The van der Waals surface area contributed by atoms with Gasteiger partial charge in [-0.3, -0.25) is 4.57 Å². The summed E-state index contributed by atoms with van der Waals surface area (Å²) >= 11 is 3.10. The fourth-order valence-electron chi connectivity index (χ4n) is 2.36. The number of thiophene rings is 1. The first kappa shape index (κ1) is 16.1. The number of nitrogens with zero attached hydrogens (tertiary/aromatic N) is 5. The molecular weight excluding hydrogens is 358 g/mol. The van der Waals surface area contributed by atoms with Crippen LogP contribution in [0.1, 0.15) is 25.0 Å². The molecule has 128 valence electrons. The Morgan fingerprint density at radius 2 is 2.12 bits per heavy atom. The number of thioether (sulfide) groups is 1. The van der Waals surface area contributed by atoms with Crippen molar-refractivity contribution in [2.45, 2.75) is 30.8 Å². The lowest BCUT2D eigenvalue weighted by Gasteiger charge is -2.08. The molecule has 0 aliphatic heterocycles. The number of furan rings is 1. The average molecular weight is 373 g/mol. The van der Waals surface area contributed by atoms with Gasteiger partial charge in [0.2, 0.25) is 5.89 Å². The van der Waals surface area contributed by atoms with Crippen molar-refractivity contribution in [3.05, 3.63) is 41.8 Å². The smallest absolute Gasteiger partial charge is 0.257 e. The molecule has 0 aliphatic carbocycles. The zero-order chi connectivity index (χ0) is 17.2. The van der Waals surface area contributed by atoms with Crippen molar-refractivity contribution in [3.63, 3.8) is 0 Å². The van der Waals surface area contributed by atoms with Crippen molar-refractivity contribution in [1.82, 2.24) is 25.0 Å². The topological polar surface area (TPSA) is 82.8 Å². The van der Waals surface area contributed by atoms with Crippen molar-refractivity contribution < 1.29 is 8.83 Å². The van der Waals surface area contributed by atoms with Crippen molar-refractivity contribution in [3.8, 4) is 22.4 Å². The van der Waals surface area contributed by atoms with Crippen LogP contribution in [0.15, 0.2) is 49.9 Å². The van der Waals surface area contributed by atoms with E-state index >= 15 is 0 Å². The third-order valence-corrected chi connectivity index (χ3v) is 5.50. The molecular formula is C16H15N5O2S2. The number of hydrogen-bond acceptors (Lipinski definition) is 8. The minimum absolute atomic E-state index is 0.0415. The van der Waals surface area contributed by atoms with Crippen molar-refractivity contribution in [1.29, 1.82) is 0 Å². The van der Waals surface area contributed by atoms with E-state index in [0.29, 0.717) is 23.4 Å². The van der Waals surface area contributed by atoms with Gasteiger partial charge in [0.25, 0.3) is 5.89 Å². The molecule has 1 atom stereocenters. The maximum atomic E-state index is 5.81. The first-order valence-corrected chi connectivity index (χ1v) is 9.53. The Labute approximate surface area is 152 Å². The normalized spacial score (nSPS) is 12.6. The first-order valence-electron chi connectivity index (χ1n) is 7.77. The molecule has 0 bridgehead atoms. The van der Waals surface area contributed by atoms with Crippen LogP contribution in [0, 0.1) is 0 Å². The van der Waals surface area contributed by atoms with Gasteiger partial charge in [-0.2, -0.15) is 0 Å². The van der Waals surface area contributed by atoms with Crippen molar-refractivity contribution in [2.75, 3.05) is 0 Å². The molecule has 0 radical (unpaired) electrons. The Morgan fingerprint density at radius 1 is 1.20 bits per heavy atom. The highest BCUT2D eigenvalue weighted by Gasteiger charge is 2.21. The molecule has 0 fully saturated rings. The quantitative estimate of drug-likeness (QED) is 0.459. The van der Waals surface area contributed by atoms with Gasteiger partial charge in [-0.25, -0.2) is 0 Å². The van der Waals surface area contributed by atoms with E-state index in [2.05, 4.69) is 20.4 Å². The Bertz CT molecular complexity index is 943. The van der Waals surface area contributed by atoms with E-state index in [1.807, 2.05) is 48.1 Å². The highest BCUT2D eigenvalue weighted by atomic mass is 32.2. The van der Waals surface area contributed by atoms with Gasteiger partial charge in [0.1, 0.15) is 0 Å². The largest absolute Gasteiger partial charge is 0.461 e. The summed E-state index contributed by atoms with van der Waals surface area (Å²) in [5.41, 5.74) is 0. The van der Waals surface area contributed by atoms with E-state index in [9.17, 15) is 0 Å². The molecule has 0 amide bonds. The second-order valence-electron chi connectivity index (χ2n) is 5.21. The lowest BCUT2D eigenvalue weighted by Crippen LogP contribution is -2.00. The van der Waals surface area contributed by atoms with E-state index in [0.717, 1.165) is 16.6 Å². The second kappa shape index (κ2) is 6.85. The molecule has 0 spiro atoms. The molecule has 0 aromatic carbocycles. The van der Waals surface area contributed by atoms with Gasteiger partial charge in [0.05, 0.1) is 16.4 Å². The summed E-state index contributed by atoms with van der Waals surface area (Å²) in [6.45, 7) is 4.80. The summed E-state index contributed by atoms with van der Waals surface area (Å²) in [6.07, 6.45) is 1.63. The number of aromatic nitrogens is 5. The SMILES string of the molecule is CCn1c(S[C@H](C)c2nnc(-c3cccs3)o2)nnc1-c1ccco1. The van der Waals surface area contributed by atoms with Crippen LogP contribution in [0.2, 0.25) is 0 Å². The molecule has 0 unspecified atom stereocenters. The summed E-state index contributed by atoms with van der Waals surface area (Å²) in [4.78, 5) is 0.966. The van der Waals surface area contributed by atoms with Gasteiger partial charge in [0.15, 0.2) is 16.7 Å². The van der Waals surface area contributed by atoms with Gasteiger partial charge >= 0.3 is 0 Å². The van der Waals surface area contributed by atoms with Gasteiger partial charge in [-0.15, -0.1) is 31.7 Å². The summed E-state index contributed by atoms with van der Waals surface area (Å²) in [6, 6.07) is 7.63. The molecule has 0 saturated carbocycles. The Balaban J connectivity index is 1.56. The molecule has 0 aliphatic rings. The minimum atomic E-state index is -0.0415. The van der Waals surface area contributed by atoms with Crippen LogP contribution in [0.4, 0.5) is 0 Å². The minimum Gasteiger partial charge on any atom is -0.461 e. The standard InChI is InChI=1S/C16H15N5O2S2/c1-3-21-13(11-6-4-8-22-11)17-20-16(21)25-10(2)14-18-19-15(23-14)12-7-5-9-24-12/h4-10H,3H2,1-2H3/t10-/m1/s1. The van der Waals surface area contributed by atoms with E-state index in [-0.39, 0.29) is 5.25 Å². The van der Waals surface area contributed by atoms with Crippen LogP contribution in [-0.2, 0) is 6.54 Å². The highest BCUT2D eigenvalue weighted by Crippen LogP contribution is 2.36. The van der Waals surface area contributed by atoms with Gasteiger partial charge in [-0.1, -0.05) is 17.8 Å². The van der Waals surface area contributed by atoms with Gasteiger partial charge in [0, 0.05) is 6.54 Å². The van der Waals surface area contributed by atoms with E-state index in [4.69, 9.17) is 8.83 Å². The maximum Gasteiger partial charge on any atom is 0.257 e. The molecule has 9 heteroatoms. The lowest BCUT2D eigenvalue weighted by atomic mass is 10.4.